The van der Waals surface area contributed by atoms with Gasteiger partial charge >= 0.3 is 0 Å². The third-order valence-electron chi connectivity index (χ3n) is 2.51. The van der Waals surface area contributed by atoms with Crippen LogP contribution in [0.3, 0.4) is 0 Å². The van der Waals surface area contributed by atoms with Gasteiger partial charge < -0.3 is 20.6 Å². The molecule has 0 saturated heterocycles. The Balaban J connectivity index is 2.28. The van der Waals surface area contributed by atoms with E-state index in [0.29, 0.717) is 0 Å². The molecule has 0 atom stereocenters. The molecule has 0 unspecified atom stereocenters. The van der Waals surface area contributed by atoms with Gasteiger partial charge in [0.1, 0.15) is 11.5 Å². The van der Waals surface area contributed by atoms with Crippen molar-refractivity contribution >= 4 is 34.8 Å². The number of hydrogen-bond donors (Lipinski definition) is 4. The number of carbonyl (C=O) groups is 1. The SMILES string of the molecule is O=C(Nc1ccc(O)cc1O)c1cc(Cl)c(O)c(Cl)c1. The molecule has 2 aromatic carbocycles. The average Bonchev–Trinajstić information content (AvgIpc) is 2.38. The molecule has 0 radical (unpaired) electrons. The standard InChI is InChI=1S/C13H9Cl2NO4/c14-8-3-6(4-9(15)12(8)19)13(20)16-10-2-1-7(17)5-11(10)18/h1-5,17-19H,(H,16,20). The van der Waals surface area contributed by atoms with Crippen LogP contribution in [0.1, 0.15) is 10.4 Å². The fraction of sp³-hybridized carbons (Fsp3) is 0. The highest BCUT2D eigenvalue weighted by Crippen LogP contribution is 2.33. The molecule has 0 heterocycles. The van der Waals surface area contributed by atoms with Gasteiger partial charge in [0.25, 0.3) is 5.91 Å². The number of rotatable bonds is 2. The summed E-state index contributed by atoms with van der Waals surface area (Å²) in [6, 6.07) is 6.23. The number of phenols is 3. The quantitative estimate of drug-likeness (QED) is 0.505. The Morgan fingerprint density at radius 1 is 1.00 bits per heavy atom. The van der Waals surface area contributed by atoms with Gasteiger partial charge in [0.05, 0.1) is 15.7 Å². The zero-order valence-corrected chi connectivity index (χ0v) is 11.4. The van der Waals surface area contributed by atoms with Crippen LogP contribution in [-0.2, 0) is 0 Å². The van der Waals surface area contributed by atoms with Gasteiger partial charge in [-0.05, 0) is 24.3 Å². The first-order chi connectivity index (χ1) is 9.38. The van der Waals surface area contributed by atoms with Gasteiger partial charge in [-0.15, -0.1) is 0 Å². The molecule has 104 valence electrons. The third kappa shape index (κ3) is 2.89. The van der Waals surface area contributed by atoms with Gasteiger partial charge in [-0.25, -0.2) is 0 Å². The highest BCUT2D eigenvalue weighted by molar-refractivity contribution is 6.37. The van der Waals surface area contributed by atoms with Crippen LogP contribution in [0.25, 0.3) is 0 Å². The van der Waals surface area contributed by atoms with Crippen molar-refractivity contribution in [3.8, 4) is 17.2 Å². The summed E-state index contributed by atoms with van der Waals surface area (Å²) >= 11 is 11.4. The Hall–Kier alpha value is -2.11. The van der Waals surface area contributed by atoms with E-state index in [1.54, 1.807) is 0 Å². The van der Waals surface area contributed by atoms with Crippen LogP contribution in [-0.4, -0.2) is 21.2 Å². The minimum Gasteiger partial charge on any atom is -0.508 e. The molecule has 0 aromatic heterocycles. The first kappa shape index (κ1) is 14.3. The van der Waals surface area contributed by atoms with Gasteiger partial charge in [-0.1, -0.05) is 23.2 Å². The van der Waals surface area contributed by atoms with Crippen LogP contribution in [0.4, 0.5) is 5.69 Å². The second-order valence-electron chi connectivity index (χ2n) is 3.94. The van der Waals surface area contributed by atoms with Gasteiger partial charge in [0.2, 0.25) is 0 Å². The lowest BCUT2D eigenvalue weighted by molar-refractivity contribution is 0.102. The lowest BCUT2D eigenvalue weighted by Crippen LogP contribution is -2.12. The number of benzene rings is 2. The molecule has 7 heteroatoms. The molecule has 0 aliphatic carbocycles. The second-order valence-corrected chi connectivity index (χ2v) is 4.76. The zero-order valence-electron chi connectivity index (χ0n) is 9.89. The molecule has 0 spiro atoms. The Morgan fingerprint density at radius 2 is 1.60 bits per heavy atom. The van der Waals surface area contributed by atoms with Crippen LogP contribution in [0.5, 0.6) is 17.2 Å². The second kappa shape index (κ2) is 5.48. The predicted molar refractivity (Wildman–Crippen MR) is 75.9 cm³/mol. The number of phenolic OH excluding ortho intramolecular Hbond substituents is 3. The fourth-order valence-electron chi connectivity index (χ4n) is 1.52. The normalized spacial score (nSPS) is 10.3. The summed E-state index contributed by atoms with van der Waals surface area (Å²) in [5, 5.41) is 30.5. The summed E-state index contributed by atoms with van der Waals surface area (Å²) in [6.45, 7) is 0. The first-order valence-corrected chi connectivity index (χ1v) is 6.15. The highest BCUT2D eigenvalue weighted by Gasteiger charge is 2.14. The van der Waals surface area contributed by atoms with Gasteiger partial charge in [-0.3, -0.25) is 4.79 Å². The van der Waals surface area contributed by atoms with E-state index in [1.807, 2.05) is 0 Å². The number of aromatic hydroxyl groups is 3. The largest absolute Gasteiger partial charge is 0.508 e. The van der Waals surface area contributed by atoms with Gasteiger partial charge in [-0.2, -0.15) is 0 Å². The molecule has 2 aromatic rings. The number of anilines is 1. The summed E-state index contributed by atoms with van der Waals surface area (Å²) < 4.78 is 0. The van der Waals surface area contributed by atoms with Crippen LogP contribution in [0.15, 0.2) is 30.3 Å². The van der Waals surface area contributed by atoms with E-state index in [9.17, 15) is 15.0 Å². The summed E-state index contributed by atoms with van der Waals surface area (Å²) in [7, 11) is 0. The lowest BCUT2D eigenvalue weighted by Gasteiger charge is -2.09. The van der Waals surface area contributed by atoms with E-state index in [2.05, 4.69) is 5.32 Å². The minimum atomic E-state index is -0.574. The molecule has 2 rings (SSSR count). The molecule has 5 nitrogen and oxygen atoms in total. The average molecular weight is 314 g/mol. The maximum Gasteiger partial charge on any atom is 0.255 e. The van der Waals surface area contributed by atoms with Crippen LogP contribution in [0.2, 0.25) is 10.0 Å². The molecule has 1 amide bonds. The highest BCUT2D eigenvalue weighted by atomic mass is 35.5. The molecule has 0 bridgehead atoms. The topological polar surface area (TPSA) is 89.8 Å². The smallest absolute Gasteiger partial charge is 0.255 e. The van der Waals surface area contributed by atoms with Crippen molar-refractivity contribution in [3.63, 3.8) is 0 Å². The number of nitrogens with one attached hydrogen (secondary N) is 1. The Bertz CT molecular complexity index is 665. The molecule has 0 saturated carbocycles. The molecular weight excluding hydrogens is 305 g/mol. The summed E-state index contributed by atoms with van der Waals surface area (Å²) in [5.41, 5.74) is 0.235. The number of hydrogen-bond acceptors (Lipinski definition) is 4. The van der Waals surface area contributed by atoms with Crippen molar-refractivity contribution in [3.05, 3.63) is 45.9 Å². The third-order valence-corrected chi connectivity index (χ3v) is 3.08. The van der Waals surface area contributed by atoms with E-state index in [-0.39, 0.29) is 38.5 Å². The van der Waals surface area contributed by atoms with Crippen molar-refractivity contribution in [1.29, 1.82) is 0 Å². The number of halogens is 2. The monoisotopic (exact) mass is 313 g/mol. The maximum atomic E-state index is 12.0. The number of amides is 1. The van der Waals surface area contributed by atoms with Crippen molar-refractivity contribution in [2.75, 3.05) is 5.32 Å². The molecular formula is C13H9Cl2NO4. The fourth-order valence-corrected chi connectivity index (χ4v) is 2.00. The maximum absolute atomic E-state index is 12.0. The van der Waals surface area contributed by atoms with E-state index in [4.69, 9.17) is 28.3 Å². The van der Waals surface area contributed by atoms with E-state index >= 15 is 0 Å². The molecule has 20 heavy (non-hydrogen) atoms. The van der Waals surface area contributed by atoms with Crippen LogP contribution >= 0.6 is 23.2 Å². The van der Waals surface area contributed by atoms with Crippen molar-refractivity contribution in [1.82, 2.24) is 0 Å². The van der Waals surface area contributed by atoms with E-state index in [1.165, 1.54) is 24.3 Å². The van der Waals surface area contributed by atoms with Crippen molar-refractivity contribution in [2.24, 2.45) is 0 Å². The molecule has 0 aliphatic rings. The Morgan fingerprint density at radius 3 is 2.15 bits per heavy atom. The van der Waals surface area contributed by atoms with Crippen LogP contribution in [0, 0.1) is 0 Å². The molecule has 0 fully saturated rings. The minimum absolute atomic E-state index is 0.0578. The number of carbonyl (C=O) groups excluding carboxylic acids is 1. The van der Waals surface area contributed by atoms with Crippen molar-refractivity contribution in [2.45, 2.75) is 0 Å². The van der Waals surface area contributed by atoms with Gasteiger partial charge in [0.15, 0.2) is 5.75 Å². The Kier molecular flexibility index (Phi) is 3.92. The summed E-state index contributed by atoms with van der Waals surface area (Å²) in [5.74, 6) is -1.29. The van der Waals surface area contributed by atoms with Crippen LogP contribution < -0.4 is 5.32 Å². The predicted octanol–water partition coefficient (Wildman–Crippen LogP) is 3.36. The summed E-state index contributed by atoms with van der Waals surface area (Å²) in [6.07, 6.45) is 0. The molecule has 0 aliphatic heterocycles. The van der Waals surface area contributed by atoms with Gasteiger partial charge in [0, 0.05) is 11.6 Å². The van der Waals surface area contributed by atoms with Crippen molar-refractivity contribution < 1.29 is 20.1 Å². The summed E-state index contributed by atoms with van der Waals surface area (Å²) in [4.78, 5) is 12.0. The van der Waals surface area contributed by atoms with E-state index in [0.717, 1.165) is 6.07 Å². The zero-order chi connectivity index (χ0) is 14.9. The lowest BCUT2D eigenvalue weighted by atomic mass is 10.2. The first-order valence-electron chi connectivity index (χ1n) is 5.40. The van der Waals surface area contributed by atoms with E-state index < -0.39 is 5.91 Å². The molecule has 4 N–H and O–H groups in total. The Labute approximate surface area is 124 Å².